The lowest BCUT2D eigenvalue weighted by atomic mass is 9.84. The number of benzene rings is 1. The molecule has 1 aliphatic heterocycles. The van der Waals surface area contributed by atoms with Crippen molar-refractivity contribution < 1.29 is 0 Å². The van der Waals surface area contributed by atoms with Crippen molar-refractivity contribution in [2.75, 3.05) is 44.7 Å². The quantitative estimate of drug-likeness (QED) is 0.511. The summed E-state index contributed by atoms with van der Waals surface area (Å²) >= 11 is 0. The van der Waals surface area contributed by atoms with Gasteiger partial charge in [0.1, 0.15) is 0 Å². The van der Waals surface area contributed by atoms with Gasteiger partial charge in [0, 0.05) is 45.0 Å². The van der Waals surface area contributed by atoms with Crippen LogP contribution >= 0.6 is 0 Å². The lowest BCUT2D eigenvalue weighted by Gasteiger charge is -2.38. The number of hydrogen-bond acceptors (Lipinski definition) is 3. The minimum absolute atomic E-state index is 0.520. The Bertz CT molecular complexity index is 627. The molecule has 0 amide bonds. The molecule has 0 aromatic heterocycles. The highest BCUT2D eigenvalue weighted by Crippen LogP contribution is 2.28. The molecule has 0 unspecified atom stereocenters. The van der Waals surface area contributed by atoms with Crippen LogP contribution in [0.3, 0.4) is 0 Å². The fourth-order valence-electron chi connectivity index (χ4n) is 4.52. The van der Waals surface area contributed by atoms with Crippen molar-refractivity contribution in [1.82, 2.24) is 10.2 Å². The van der Waals surface area contributed by atoms with Gasteiger partial charge in [-0.25, -0.2) is 0 Å². The largest absolute Gasteiger partial charge is 0.370 e. The summed E-state index contributed by atoms with van der Waals surface area (Å²) in [4.78, 5) is 9.24. The second-order valence-corrected chi connectivity index (χ2v) is 8.31. The van der Waals surface area contributed by atoms with E-state index in [9.17, 15) is 0 Å². The highest BCUT2D eigenvalue weighted by molar-refractivity contribution is 5.77. The van der Waals surface area contributed by atoms with Gasteiger partial charge in [-0.2, -0.15) is 0 Å². The number of hydrogen-bond donors (Lipinski definition) is 2. The molecule has 178 valence electrons. The first-order valence-corrected chi connectivity index (χ1v) is 12.6. The summed E-state index contributed by atoms with van der Waals surface area (Å²) in [6.45, 7) is 18.4. The Hall–Kier alpha value is -1.75. The van der Waals surface area contributed by atoms with Gasteiger partial charge >= 0.3 is 0 Å². The molecule has 5 nitrogen and oxygen atoms in total. The molecule has 3 N–H and O–H groups in total. The number of rotatable bonds is 5. The Morgan fingerprint density at radius 1 is 1.00 bits per heavy atom. The highest BCUT2D eigenvalue weighted by Gasteiger charge is 2.23. The van der Waals surface area contributed by atoms with Crippen LogP contribution in [0.5, 0.6) is 0 Å². The van der Waals surface area contributed by atoms with Crippen LogP contribution < -0.4 is 16.0 Å². The molecule has 2 aliphatic rings. The van der Waals surface area contributed by atoms with E-state index >= 15 is 0 Å². The molecule has 1 aromatic rings. The topological polar surface area (TPSA) is 56.9 Å². The molecule has 5 heteroatoms. The summed E-state index contributed by atoms with van der Waals surface area (Å²) in [6.07, 6.45) is 6.42. The number of aryl methyl sites for hydroxylation is 1. The van der Waals surface area contributed by atoms with E-state index in [-0.39, 0.29) is 0 Å². The van der Waals surface area contributed by atoms with Crippen molar-refractivity contribution >= 4 is 11.6 Å². The molecule has 1 aliphatic carbocycles. The number of nitrogens with one attached hydrogen (secondary N) is 1. The van der Waals surface area contributed by atoms with Gasteiger partial charge in [0.25, 0.3) is 0 Å². The van der Waals surface area contributed by atoms with E-state index in [1.807, 2.05) is 27.7 Å². The van der Waals surface area contributed by atoms with Crippen LogP contribution in [0, 0.1) is 19.8 Å². The molecular weight excluding hydrogens is 382 g/mol. The molecule has 31 heavy (non-hydrogen) atoms. The zero-order valence-corrected chi connectivity index (χ0v) is 21.4. The third-order valence-corrected chi connectivity index (χ3v) is 6.58. The van der Waals surface area contributed by atoms with E-state index in [2.05, 4.69) is 52.2 Å². The van der Waals surface area contributed by atoms with E-state index in [0.29, 0.717) is 12.0 Å². The van der Waals surface area contributed by atoms with E-state index < -0.39 is 0 Å². The molecular formula is C26H49N5. The van der Waals surface area contributed by atoms with Gasteiger partial charge in [0.05, 0.1) is 0 Å². The Kier molecular flexibility index (Phi) is 13.3. The van der Waals surface area contributed by atoms with Crippen molar-refractivity contribution in [2.24, 2.45) is 16.6 Å². The van der Waals surface area contributed by atoms with Crippen molar-refractivity contribution in [2.45, 2.75) is 79.7 Å². The van der Waals surface area contributed by atoms with Crippen LogP contribution in [0.2, 0.25) is 0 Å². The van der Waals surface area contributed by atoms with Crippen LogP contribution in [-0.2, 0) is 0 Å². The number of nitrogens with two attached hydrogens (primary N) is 1. The predicted molar refractivity (Wildman–Crippen MR) is 138 cm³/mol. The fourth-order valence-corrected chi connectivity index (χ4v) is 4.52. The summed E-state index contributed by atoms with van der Waals surface area (Å²) in [7, 11) is 1.74. The third-order valence-electron chi connectivity index (χ3n) is 6.58. The van der Waals surface area contributed by atoms with Crippen LogP contribution in [0.1, 0.15) is 70.9 Å². The van der Waals surface area contributed by atoms with Gasteiger partial charge in [0.2, 0.25) is 0 Å². The normalized spacial score (nSPS) is 22.0. The van der Waals surface area contributed by atoms with Gasteiger partial charge in [-0.3, -0.25) is 9.89 Å². The first-order valence-electron chi connectivity index (χ1n) is 12.6. The smallest absolute Gasteiger partial charge is 0.188 e. The summed E-state index contributed by atoms with van der Waals surface area (Å²) in [5.41, 5.74) is 10.1. The SMILES string of the molecule is CC.CC.CN=C(N)NC1CCC(CCN2CCN(c3cccc(C)c3C)CC2)CC1. The lowest BCUT2D eigenvalue weighted by Crippen LogP contribution is -2.47. The van der Waals surface area contributed by atoms with Crippen molar-refractivity contribution in [3.63, 3.8) is 0 Å². The maximum atomic E-state index is 5.79. The maximum Gasteiger partial charge on any atom is 0.188 e. The van der Waals surface area contributed by atoms with E-state index in [1.165, 1.54) is 68.6 Å². The standard InChI is InChI=1S/C22H37N5.2C2H6/c1-17-5-4-6-21(18(17)2)27-15-13-26(14-16-27)12-11-19-7-9-20(10-8-19)25-22(23)24-3;2*1-2/h4-6,19-20H,7-16H2,1-3H3,(H3,23,24,25);2*1-2H3. The van der Waals surface area contributed by atoms with Gasteiger partial charge in [-0.05, 0) is 75.6 Å². The van der Waals surface area contributed by atoms with Gasteiger partial charge in [-0.15, -0.1) is 0 Å². The molecule has 0 bridgehead atoms. The number of aliphatic imine (C=N–C) groups is 1. The summed E-state index contributed by atoms with van der Waals surface area (Å²) in [5, 5.41) is 3.34. The summed E-state index contributed by atoms with van der Waals surface area (Å²) in [5.74, 6) is 1.46. The van der Waals surface area contributed by atoms with E-state index in [4.69, 9.17) is 5.73 Å². The highest BCUT2D eigenvalue weighted by atomic mass is 15.3. The van der Waals surface area contributed by atoms with Crippen LogP contribution in [0.25, 0.3) is 0 Å². The summed E-state index contributed by atoms with van der Waals surface area (Å²) < 4.78 is 0. The Morgan fingerprint density at radius 2 is 1.61 bits per heavy atom. The molecule has 1 saturated heterocycles. The predicted octanol–water partition coefficient (Wildman–Crippen LogP) is 4.96. The molecule has 1 heterocycles. The molecule has 2 fully saturated rings. The van der Waals surface area contributed by atoms with Crippen molar-refractivity contribution in [3.05, 3.63) is 29.3 Å². The third kappa shape index (κ3) is 8.72. The second-order valence-electron chi connectivity index (χ2n) is 8.31. The lowest BCUT2D eigenvalue weighted by molar-refractivity contribution is 0.214. The average molecular weight is 432 g/mol. The number of nitrogens with zero attached hydrogens (tertiary/aromatic N) is 3. The number of anilines is 1. The fraction of sp³-hybridized carbons (Fsp3) is 0.731. The van der Waals surface area contributed by atoms with Crippen LogP contribution in [0.4, 0.5) is 5.69 Å². The zero-order valence-electron chi connectivity index (χ0n) is 21.4. The maximum absolute atomic E-state index is 5.79. The molecule has 1 aromatic carbocycles. The monoisotopic (exact) mass is 431 g/mol. The first kappa shape index (κ1) is 27.3. The Morgan fingerprint density at radius 3 is 2.19 bits per heavy atom. The summed E-state index contributed by atoms with van der Waals surface area (Å²) in [6, 6.07) is 7.20. The van der Waals surface area contributed by atoms with E-state index in [1.54, 1.807) is 7.05 Å². The Labute approximate surface area is 192 Å². The van der Waals surface area contributed by atoms with Gasteiger partial charge < -0.3 is 16.0 Å². The molecule has 0 spiro atoms. The Balaban J connectivity index is 0.00000113. The first-order chi connectivity index (χ1) is 15.1. The molecule has 0 radical (unpaired) electrons. The second kappa shape index (κ2) is 15.1. The number of guanidine groups is 1. The van der Waals surface area contributed by atoms with E-state index in [0.717, 1.165) is 19.0 Å². The van der Waals surface area contributed by atoms with Crippen molar-refractivity contribution in [1.29, 1.82) is 0 Å². The average Bonchev–Trinajstić information content (AvgIpc) is 2.83. The van der Waals surface area contributed by atoms with Crippen LogP contribution in [0.15, 0.2) is 23.2 Å². The zero-order chi connectivity index (χ0) is 23.2. The molecule has 0 atom stereocenters. The van der Waals surface area contributed by atoms with Crippen LogP contribution in [-0.4, -0.2) is 56.7 Å². The molecule has 3 rings (SSSR count). The van der Waals surface area contributed by atoms with Crippen molar-refractivity contribution in [3.8, 4) is 0 Å². The van der Waals surface area contributed by atoms with Gasteiger partial charge in [0.15, 0.2) is 5.96 Å². The van der Waals surface area contributed by atoms with Gasteiger partial charge in [-0.1, -0.05) is 39.8 Å². The minimum Gasteiger partial charge on any atom is -0.370 e. The number of piperazine rings is 1. The molecule has 1 saturated carbocycles. The minimum atomic E-state index is 0.520.